The molecule has 2 aromatic carbocycles. The number of halogens is 3. The van der Waals surface area contributed by atoms with Crippen LogP contribution in [0.15, 0.2) is 82.0 Å². The van der Waals surface area contributed by atoms with E-state index in [1.54, 1.807) is 6.20 Å². The van der Waals surface area contributed by atoms with Gasteiger partial charge in [-0.1, -0.05) is 76.6 Å². The van der Waals surface area contributed by atoms with Crippen molar-refractivity contribution in [3.63, 3.8) is 0 Å². The smallest absolute Gasteiger partial charge is 0.0735 e. The lowest BCUT2D eigenvalue weighted by atomic mass is 10.2. The Hall–Kier alpha value is -1.70. The van der Waals surface area contributed by atoms with Gasteiger partial charge in [-0.2, -0.15) is 10.2 Å². The Morgan fingerprint density at radius 1 is 0.862 bits per heavy atom. The number of aromatic amines is 1. The first-order chi connectivity index (χ1) is 14.0. The predicted molar refractivity (Wildman–Crippen MR) is 130 cm³/mol. The van der Waals surface area contributed by atoms with Crippen LogP contribution >= 0.6 is 47.8 Å². The van der Waals surface area contributed by atoms with Crippen LogP contribution < -0.4 is 0 Å². The van der Waals surface area contributed by atoms with Crippen LogP contribution in [0.1, 0.15) is 22.5 Å². The monoisotopic (exact) mass is 580 g/mol. The second kappa shape index (κ2) is 12.8. The number of nitrogens with zero attached hydrogens (tertiary/aromatic N) is 3. The van der Waals surface area contributed by atoms with Crippen LogP contribution in [0.4, 0.5) is 0 Å². The normalized spacial score (nSPS) is 9.83. The topological polar surface area (TPSA) is 46.5 Å². The highest BCUT2D eigenvalue weighted by molar-refractivity contribution is 9.10. The zero-order chi connectivity index (χ0) is 21.1. The molecule has 0 aliphatic rings. The molecule has 0 unspecified atom stereocenters. The van der Waals surface area contributed by atoms with Gasteiger partial charge in [0.1, 0.15) is 0 Å². The Kier molecular flexibility index (Phi) is 10.4. The van der Waals surface area contributed by atoms with Crippen LogP contribution in [-0.2, 0) is 11.9 Å². The summed E-state index contributed by atoms with van der Waals surface area (Å²) in [4.78, 5) is 0. The lowest BCUT2D eigenvalue weighted by Crippen LogP contribution is -1.99. The van der Waals surface area contributed by atoms with Crippen molar-refractivity contribution >= 4 is 47.8 Å². The molecule has 0 aliphatic heterocycles. The highest BCUT2D eigenvalue weighted by atomic mass is 79.9. The summed E-state index contributed by atoms with van der Waals surface area (Å²) < 4.78 is 4.04. The quantitative estimate of drug-likeness (QED) is 0.263. The Labute approximate surface area is 197 Å². The van der Waals surface area contributed by atoms with Gasteiger partial charge in [0.25, 0.3) is 0 Å². The summed E-state index contributed by atoms with van der Waals surface area (Å²) in [5.41, 5.74) is 4.69. The van der Waals surface area contributed by atoms with Gasteiger partial charge in [-0.3, -0.25) is 9.78 Å². The minimum absolute atomic E-state index is 0.827. The fourth-order valence-electron chi connectivity index (χ4n) is 2.25. The second-order valence-corrected chi connectivity index (χ2v) is 8.48. The molecule has 0 fully saturated rings. The number of aromatic nitrogens is 4. The summed E-state index contributed by atoms with van der Waals surface area (Å²) in [6, 6.07) is 20.6. The van der Waals surface area contributed by atoms with E-state index >= 15 is 0 Å². The molecule has 1 N–H and O–H groups in total. The molecule has 0 spiro atoms. The Morgan fingerprint density at radius 3 is 1.79 bits per heavy atom. The zero-order valence-electron chi connectivity index (χ0n) is 16.3. The molecule has 2 aromatic heterocycles. The summed E-state index contributed by atoms with van der Waals surface area (Å²) in [5, 5.41) is 11.8. The third-order valence-corrected chi connectivity index (χ3v) is 6.06. The molecule has 0 radical (unpaired) electrons. The maximum Gasteiger partial charge on any atom is 0.0735 e. The average molecular weight is 583 g/mol. The second-order valence-electron chi connectivity index (χ2n) is 6.21. The molecule has 4 rings (SSSR count). The molecule has 0 atom stereocenters. The molecule has 29 heavy (non-hydrogen) atoms. The van der Waals surface area contributed by atoms with Crippen molar-refractivity contribution in [2.45, 2.75) is 25.7 Å². The van der Waals surface area contributed by atoms with E-state index in [4.69, 9.17) is 0 Å². The van der Waals surface area contributed by atoms with Gasteiger partial charge in [0, 0.05) is 17.2 Å². The van der Waals surface area contributed by atoms with Crippen LogP contribution in [0.2, 0.25) is 0 Å². The maximum atomic E-state index is 4.38. The van der Waals surface area contributed by atoms with Crippen molar-refractivity contribution in [3.05, 3.63) is 105 Å². The highest BCUT2D eigenvalue weighted by Crippen LogP contribution is 2.14. The van der Waals surface area contributed by atoms with E-state index in [2.05, 4.69) is 87.4 Å². The van der Waals surface area contributed by atoms with Crippen molar-refractivity contribution in [3.8, 4) is 0 Å². The summed E-state index contributed by atoms with van der Waals surface area (Å²) in [6.45, 7) is 4.77. The van der Waals surface area contributed by atoms with Crippen molar-refractivity contribution in [1.29, 1.82) is 0 Å². The Morgan fingerprint density at radius 2 is 1.45 bits per heavy atom. The summed E-state index contributed by atoms with van der Waals surface area (Å²) in [6.07, 6.45) is 3.73. The third-order valence-electron chi connectivity index (χ3n) is 3.84. The molecule has 0 aliphatic carbocycles. The highest BCUT2D eigenvalue weighted by Gasteiger charge is 2.01. The first kappa shape index (κ1) is 23.6. The first-order valence-corrected chi connectivity index (χ1v) is 11.7. The van der Waals surface area contributed by atoms with E-state index < -0.39 is 0 Å². The molecular formula is C22H23Br3N4. The number of aryl methyl sites for hydroxylation is 2. The Bertz CT molecular complexity index is 930. The van der Waals surface area contributed by atoms with Crippen LogP contribution in [-0.4, -0.2) is 20.0 Å². The SMILES string of the molecule is BrCc1ccccc1.Cc1[nH]ncc1Br.Cc1nn(Cc2ccccc2)cc1Br. The minimum atomic E-state index is 0.827. The van der Waals surface area contributed by atoms with Crippen molar-refractivity contribution in [1.82, 2.24) is 20.0 Å². The zero-order valence-corrected chi connectivity index (χ0v) is 21.1. The van der Waals surface area contributed by atoms with E-state index in [0.29, 0.717) is 0 Å². The maximum absolute atomic E-state index is 4.38. The van der Waals surface area contributed by atoms with Gasteiger partial charge in [-0.15, -0.1) is 0 Å². The van der Waals surface area contributed by atoms with E-state index in [9.17, 15) is 0 Å². The molecule has 4 aromatic rings. The van der Waals surface area contributed by atoms with Crippen LogP contribution in [0.3, 0.4) is 0 Å². The van der Waals surface area contributed by atoms with Gasteiger partial charge < -0.3 is 0 Å². The van der Waals surface area contributed by atoms with Crippen LogP contribution in [0, 0.1) is 13.8 Å². The van der Waals surface area contributed by atoms with Gasteiger partial charge >= 0.3 is 0 Å². The fourth-order valence-corrected chi connectivity index (χ4v) is 3.13. The lowest BCUT2D eigenvalue weighted by Gasteiger charge is -2.00. The average Bonchev–Trinajstić information content (AvgIpc) is 3.27. The largest absolute Gasteiger partial charge is 0.282 e. The lowest BCUT2D eigenvalue weighted by molar-refractivity contribution is 0.679. The molecule has 4 nitrogen and oxygen atoms in total. The number of alkyl halides is 1. The minimum Gasteiger partial charge on any atom is -0.282 e. The predicted octanol–water partition coefficient (Wildman–Crippen LogP) is 7.06. The van der Waals surface area contributed by atoms with Crippen LogP contribution in [0.5, 0.6) is 0 Å². The first-order valence-electron chi connectivity index (χ1n) is 8.98. The molecule has 0 saturated heterocycles. The molecule has 7 heteroatoms. The van der Waals surface area contributed by atoms with Gasteiger partial charge in [0.15, 0.2) is 0 Å². The van der Waals surface area contributed by atoms with E-state index in [-0.39, 0.29) is 0 Å². The number of benzene rings is 2. The number of rotatable bonds is 3. The van der Waals surface area contributed by atoms with Crippen molar-refractivity contribution < 1.29 is 0 Å². The third kappa shape index (κ3) is 8.68. The fraction of sp³-hybridized carbons (Fsp3) is 0.182. The molecule has 0 bridgehead atoms. The van der Waals surface area contributed by atoms with Crippen LogP contribution in [0.25, 0.3) is 0 Å². The van der Waals surface area contributed by atoms with Gasteiger partial charge in [-0.25, -0.2) is 0 Å². The summed E-state index contributed by atoms with van der Waals surface area (Å²) >= 11 is 10.1. The molecule has 0 amide bonds. The number of nitrogens with one attached hydrogen (secondary N) is 1. The standard InChI is InChI=1S/C11H11BrN2.C7H7Br.C4H5BrN2/c1-9-11(12)8-14(13-9)7-10-5-3-2-4-6-10;8-6-7-4-2-1-3-5-7;1-3-4(5)2-6-7-3/h2-6,8H,7H2,1H3;1-5H,6H2;2H,1H3,(H,6,7). The molecule has 0 saturated carbocycles. The number of H-pyrrole nitrogens is 1. The van der Waals surface area contributed by atoms with Gasteiger partial charge in [0.2, 0.25) is 0 Å². The van der Waals surface area contributed by atoms with Gasteiger partial charge in [-0.05, 0) is 56.8 Å². The summed E-state index contributed by atoms with van der Waals surface area (Å²) in [5.74, 6) is 0. The van der Waals surface area contributed by atoms with E-state index in [1.165, 1.54) is 11.1 Å². The van der Waals surface area contributed by atoms with Crippen molar-refractivity contribution in [2.24, 2.45) is 0 Å². The molecular weight excluding hydrogens is 560 g/mol. The van der Waals surface area contributed by atoms with E-state index in [1.807, 2.05) is 61.1 Å². The van der Waals surface area contributed by atoms with E-state index in [0.717, 1.165) is 32.2 Å². The van der Waals surface area contributed by atoms with Crippen molar-refractivity contribution in [2.75, 3.05) is 0 Å². The Balaban J connectivity index is 0.000000170. The van der Waals surface area contributed by atoms with Gasteiger partial charge in [0.05, 0.1) is 27.4 Å². The molecule has 2 heterocycles. The number of hydrogen-bond donors (Lipinski definition) is 1. The number of hydrogen-bond acceptors (Lipinski definition) is 2. The molecule has 152 valence electrons. The summed E-state index contributed by atoms with van der Waals surface area (Å²) in [7, 11) is 0.